The molecule has 4 rings (SSSR count). The number of cyclic esters (lactones) is 1. The van der Waals surface area contributed by atoms with Crippen LogP contribution >= 0.6 is 0 Å². The molecule has 6 nitrogen and oxygen atoms in total. The van der Waals surface area contributed by atoms with Crippen LogP contribution in [0.1, 0.15) is 59.8 Å². The van der Waals surface area contributed by atoms with Crippen LogP contribution in [-0.2, 0) is 28.5 Å². The fourth-order valence-electron chi connectivity index (χ4n) is 7.22. The zero-order chi connectivity index (χ0) is 21.7. The van der Waals surface area contributed by atoms with E-state index in [0.717, 1.165) is 32.1 Å². The van der Waals surface area contributed by atoms with Crippen LogP contribution < -0.4 is 0 Å². The van der Waals surface area contributed by atoms with E-state index in [0.29, 0.717) is 42.9 Å². The number of ether oxygens (including phenoxy) is 4. The molecule has 0 aromatic rings. The van der Waals surface area contributed by atoms with E-state index in [1.54, 1.807) is 0 Å². The molecular formula is C24H34O6. The Labute approximate surface area is 179 Å². The summed E-state index contributed by atoms with van der Waals surface area (Å²) in [6.45, 7) is 13.8. The molecule has 30 heavy (non-hydrogen) atoms. The number of rotatable bonds is 6. The van der Waals surface area contributed by atoms with Crippen molar-refractivity contribution in [3.8, 4) is 0 Å². The zero-order valence-electron chi connectivity index (χ0n) is 18.6. The minimum absolute atomic E-state index is 0.000742. The zero-order valence-corrected chi connectivity index (χ0v) is 18.6. The van der Waals surface area contributed by atoms with Crippen molar-refractivity contribution in [3.05, 3.63) is 24.0 Å². The van der Waals surface area contributed by atoms with E-state index < -0.39 is 0 Å². The minimum Gasteiger partial charge on any atom is -0.495 e. The molecule has 166 valence electrons. The molecule has 0 aromatic carbocycles. The van der Waals surface area contributed by atoms with E-state index in [4.69, 9.17) is 18.9 Å². The molecule has 0 aromatic heterocycles. The van der Waals surface area contributed by atoms with Gasteiger partial charge in [-0.2, -0.15) is 0 Å². The van der Waals surface area contributed by atoms with Crippen molar-refractivity contribution in [2.45, 2.75) is 77.6 Å². The summed E-state index contributed by atoms with van der Waals surface area (Å²) in [5, 5.41) is 0. The maximum atomic E-state index is 12.2. The molecule has 0 bridgehead atoms. The van der Waals surface area contributed by atoms with Gasteiger partial charge in [-0.3, -0.25) is 4.79 Å². The molecule has 4 aliphatic rings. The van der Waals surface area contributed by atoms with Gasteiger partial charge in [0, 0.05) is 5.41 Å². The molecule has 1 saturated heterocycles. The number of carbonyl (C=O) groups excluding carboxylic acids is 2. The lowest BCUT2D eigenvalue weighted by atomic mass is 9.44. The maximum Gasteiger partial charge on any atom is 0.336 e. The number of allylic oxidation sites excluding steroid dienone is 1. The third kappa shape index (κ3) is 3.19. The van der Waals surface area contributed by atoms with Gasteiger partial charge in [-0.05, 0) is 69.3 Å². The molecule has 0 spiro atoms. The lowest BCUT2D eigenvalue weighted by Gasteiger charge is -2.62. The third-order valence-electron chi connectivity index (χ3n) is 8.50. The lowest BCUT2D eigenvalue weighted by molar-refractivity contribution is -0.204. The van der Waals surface area contributed by atoms with E-state index in [1.165, 1.54) is 0 Å². The molecule has 0 radical (unpaired) electrons. The van der Waals surface area contributed by atoms with Crippen molar-refractivity contribution >= 4 is 12.4 Å². The van der Waals surface area contributed by atoms with Crippen LogP contribution in [0.25, 0.3) is 0 Å². The van der Waals surface area contributed by atoms with E-state index in [1.807, 2.05) is 13.0 Å². The number of carbonyl (C=O) groups is 2. The molecule has 2 aliphatic carbocycles. The Morgan fingerprint density at radius 3 is 2.67 bits per heavy atom. The standard InChI is InChI=1S/C24H34O6/c1-15(2)29-20-7-9-22(3)18(23(20,4)13-27-14-25)6-10-24(5)19(22)12-17(30-24)16-8-11-28-21(16)26/h8,14,17-20H,1,6-7,9-13H2,2-5H3/t17-,18-,19-,20+,22+,23-,24+/m0/s1. The van der Waals surface area contributed by atoms with Crippen molar-refractivity contribution in [2.75, 3.05) is 13.2 Å². The fraction of sp³-hybridized carbons (Fsp3) is 0.750. The maximum absolute atomic E-state index is 12.2. The van der Waals surface area contributed by atoms with Gasteiger partial charge in [-0.1, -0.05) is 20.4 Å². The second-order valence-corrected chi connectivity index (χ2v) is 10.3. The van der Waals surface area contributed by atoms with Gasteiger partial charge < -0.3 is 18.9 Å². The molecule has 3 fully saturated rings. The normalized spacial score (nSPS) is 45.1. The lowest BCUT2D eigenvalue weighted by Crippen LogP contribution is -2.61. The topological polar surface area (TPSA) is 71.1 Å². The molecule has 2 heterocycles. The largest absolute Gasteiger partial charge is 0.495 e. The van der Waals surface area contributed by atoms with E-state index in [-0.39, 0.29) is 34.6 Å². The minimum atomic E-state index is -0.308. The van der Waals surface area contributed by atoms with Crippen LogP contribution in [-0.4, -0.2) is 43.5 Å². The number of hydrogen-bond donors (Lipinski definition) is 0. The Morgan fingerprint density at radius 1 is 1.27 bits per heavy atom. The molecule has 0 unspecified atom stereocenters. The number of hydrogen-bond acceptors (Lipinski definition) is 6. The molecule has 6 heteroatoms. The highest BCUT2D eigenvalue weighted by molar-refractivity contribution is 5.91. The Hall–Kier alpha value is -1.82. The Balaban J connectivity index is 1.65. The van der Waals surface area contributed by atoms with Crippen LogP contribution in [0.4, 0.5) is 0 Å². The first-order valence-electron chi connectivity index (χ1n) is 11.1. The predicted octanol–water partition coefficient (Wildman–Crippen LogP) is 3.94. The molecule has 0 N–H and O–H groups in total. The summed E-state index contributed by atoms with van der Waals surface area (Å²) in [6.07, 6.45) is 6.21. The highest BCUT2D eigenvalue weighted by Gasteiger charge is 2.66. The van der Waals surface area contributed by atoms with E-state index >= 15 is 0 Å². The van der Waals surface area contributed by atoms with E-state index in [2.05, 4.69) is 27.4 Å². The predicted molar refractivity (Wildman–Crippen MR) is 110 cm³/mol. The van der Waals surface area contributed by atoms with Crippen LogP contribution in [0.5, 0.6) is 0 Å². The van der Waals surface area contributed by atoms with Gasteiger partial charge in [0.1, 0.15) is 19.3 Å². The first-order valence-corrected chi connectivity index (χ1v) is 11.1. The molecule has 7 atom stereocenters. The molecule has 2 aliphatic heterocycles. The monoisotopic (exact) mass is 418 g/mol. The highest BCUT2D eigenvalue weighted by atomic mass is 16.5. The van der Waals surface area contributed by atoms with Crippen molar-refractivity contribution in [2.24, 2.45) is 22.7 Å². The van der Waals surface area contributed by atoms with Crippen LogP contribution in [0.2, 0.25) is 0 Å². The van der Waals surface area contributed by atoms with Crippen molar-refractivity contribution in [1.29, 1.82) is 0 Å². The van der Waals surface area contributed by atoms with Gasteiger partial charge in [-0.15, -0.1) is 0 Å². The second kappa shape index (κ2) is 7.40. The summed E-state index contributed by atoms with van der Waals surface area (Å²) < 4.78 is 23.2. The van der Waals surface area contributed by atoms with Gasteiger partial charge in [0.2, 0.25) is 0 Å². The summed E-state index contributed by atoms with van der Waals surface area (Å²) in [5.41, 5.74) is 0.101. The van der Waals surface area contributed by atoms with Gasteiger partial charge in [-0.25, -0.2) is 4.79 Å². The third-order valence-corrected chi connectivity index (χ3v) is 8.50. The SMILES string of the molecule is C=C(C)O[C@@H]1CC[C@]2(C)[C@H](CC[C@@]3(C)O[C@H](C4=CCOC4=O)C[C@@H]23)[C@]1(C)COC=O. The van der Waals surface area contributed by atoms with Gasteiger partial charge in [0.05, 0.1) is 23.0 Å². The quantitative estimate of drug-likeness (QED) is 0.370. The van der Waals surface area contributed by atoms with Crippen LogP contribution in [0.15, 0.2) is 24.0 Å². The average molecular weight is 419 g/mol. The molecular weight excluding hydrogens is 384 g/mol. The summed E-state index contributed by atoms with van der Waals surface area (Å²) in [5.74, 6) is 1.07. The smallest absolute Gasteiger partial charge is 0.336 e. The molecule has 0 amide bonds. The van der Waals surface area contributed by atoms with Gasteiger partial charge in [0.25, 0.3) is 6.47 Å². The Morgan fingerprint density at radius 2 is 2.03 bits per heavy atom. The summed E-state index contributed by atoms with van der Waals surface area (Å²) in [7, 11) is 0. The Kier molecular flexibility index (Phi) is 5.28. The van der Waals surface area contributed by atoms with Gasteiger partial charge in [0.15, 0.2) is 0 Å². The first-order chi connectivity index (χ1) is 14.1. The van der Waals surface area contributed by atoms with Crippen LogP contribution in [0.3, 0.4) is 0 Å². The van der Waals surface area contributed by atoms with Crippen LogP contribution in [0, 0.1) is 22.7 Å². The van der Waals surface area contributed by atoms with Crippen molar-refractivity contribution < 1.29 is 28.5 Å². The fourth-order valence-corrected chi connectivity index (χ4v) is 7.22. The molecule has 2 saturated carbocycles. The van der Waals surface area contributed by atoms with E-state index in [9.17, 15) is 9.59 Å². The van der Waals surface area contributed by atoms with Crippen molar-refractivity contribution in [3.63, 3.8) is 0 Å². The summed E-state index contributed by atoms with van der Waals surface area (Å²) in [6, 6.07) is 0. The summed E-state index contributed by atoms with van der Waals surface area (Å²) >= 11 is 0. The Bertz CT molecular complexity index is 774. The average Bonchev–Trinajstić information content (AvgIpc) is 3.26. The van der Waals surface area contributed by atoms with Gasteiger partial charge >= 0.3 is 5.97 Å². The second-order valence-electron chi connectivity index (χ2n) is 10.3. The number of fused-ring (bicyclic) bond motifs is 3. The first kappa shape index (κ1) is 21.4. The highest BCUT2D eigenvalue weighted by Crippen LogP contribution is 2.66. The number of esters is 1. The summed E-state index contributed by atoms with van der Waals surface area (Å²) in [4.78, 5) is 23.2. The van der Waals surface area contributed by atoms with Crippen molar-refractivity contribution in [1.82, 2.24) is 0 Å².